The Bertz CT molecular complexity index is 2090. The largest absolute Gasteiger partial charge is 0.289 e. The third kappa shape index (κ3) is 28.4. The van der Waals surface area contributed by atoms with Crippen LogP contribution in [-0.2, 0) is 0 Å². The van der Waals surface area contributed by atoms with Crippen LogP contribution in [0.1, 0.15) is 239 Å². The highest BCUT2D eigenvalue weighted by atomic mass is 16.1. The minimum Gasteiger partial charge on any atom is -0.289 e. The molecule has 0 amide bonds. The van der Waals surface area contributed by atoms with Gasteiger partial charge in [0, 0.05) is 16.7 Å². The maximum Gasteiger partial charge on any atom is 0.190 e. The molecule has 1 aromatic rings. The molecule has 0 bridgehead atoms. The fourth-order valence-electron chi connectivity index (χ4n) is 8.33. The molecule has 366 valence electrons. The van der Waals surface area contributed by atoms with E-state index < -0.39 is 0 Å². The molecule has 2 nitrogen and oxygen atoms in total. The molecule has 2 heteroatoms. The lowest BCUT2D eigenvalue weighted by Gasteiger charge is -2.14. The second kappa shape index (κ2) is 34.7. The summed E-state index contributed by atoms with van der Waals surface area (Å²) >= 11 is 0. The van der Waals surface area contributed by atoms with E-state index in [1.807, 2.05) is 6.07 Å². The average molecular weight is 907 g/mol. The molecule has 0 heterocycles. The Kier molecular flexibility index (Phi) is 30.3. The minimum absolute atomic E-state index is 0.0251. The second-order valence-electron chi connectivity index (χ2n) is 20.3. The summed E-state index contributed by atoms with van der Waals surface area (Å²) < 4.78 is 0. The number of ketones is 2. The van der Waals surface area contributed by atoms with Crippen molar-refractivity contribution < 1.29 is 9.59 Å². The average Bonchev–Trinajstić information content (AvgIpc) is 3.27. The summed E-state index contributed by atoms with van der Waals surface area (Å²) in [5.41, 5.74) is 17.8. The van der Waals surface area contributed by atoms with Crippen molar-refractivity contribution in [3.63, 3.8) is 0 Å². The highest BCUT2D eigenvalue weighted by molar-refractivity contribution is 6.24. The number of hydrogen-bond acceptors (Lipinski definition) is 2. The van der Waals surface area contributed by atoms with Gasteiger partial charge in [0.15, 0.2) is 11.6 Å². The van der Waals surface area contributed by atoms with Gasteiger partial charge in [-0.2, -0.15) is 0 Å². The summed E-state index contributed by atoms with van der Waals surface area (Å²) in [7, 11) is 0. The van der Waals surface area contributed by atoms with E-state index in [2.05, 4.69) is 150 Å². The van der Waals surface area contributed by atoms with E-state index in [0.717, 1.165) is 103 Å². The Hall–Kier alpha value is -4.56. The number of fused-ring (bicyclic) bond motifs is 1. The molecular formula is C65H94O2. The molecule has 2 rings (SSSR count). The van der Waals surface area contributed by atoms with E-state index in [9.17, 15) is 9.59 Å². The third-order valence-corrected chi connectivity index (χ3v) is 13.1. The molecule has 67 heavy (non-hydrogen) atoms. The zero-order chi connectivity index (χ0) is 49.4. The van der Waals surface area contributed by atoms with Gasteiger partial charge in [-0.3, -0.25) is 9.59 Å². The quantitative estimate of drug-likeness (QED) is 0.0675. The molecule has 0 aromatic heterocycles. The van der Waals surface area contributed by atoms with E-state index in [1.54, 1.807) is 18.2 Å². The summed E-state index contributed by atoms with van der Waals surface area (Å²) in [6.07, 6.45) is 51.0. The van der Waals surface area contributed by atoms with E-state index in [4.69, 9.17) is 0 Å². The van der Waals surface area contributed by atoms with Crippen LogP contribution in [0.2, 0.25) is 0 Å². The minimum atomic E-state index is -0.0696. The summed E-state index contributed by atoms with van der Waals surface area (Å²) in [4.78, 5) is 25.3. The lowest BCUT2D eigenvalue weighted by atomic mass is 9.88. The van der Waals surface area contributed by atoms with Crippen molar-refractivity contribution >= 4 is 11.6 Å². The third-order valence-electron chi connectivity index (χ3n) is 13.1. The standard InChI is InChI=1S/C65H94O2/c1-50(2)25-15-26-51(3)27-16-28-52(4)29-17-30-53(5)31-18-32-54(6)33-19-34-55(7)35-20-36-56(8)37-21-38-57(9)39-22-40-58(10)41-23-42-59(11)43-24-44-60(12)47-48-61-49-64(66)62-45-13-14-46-63(62)65(61)67/h13-14,25,27,29,31,33,35,37,39,41,43,45-47,49H,15-24,26,28,30,32,34,36,38,40,42,44,48H2,1-12H3/b51-27+,52-29+,53-31+,54-33+,55-35+,56-37+,57-39+,58-41+,59-43+,60-47+. The molecule has 1 aliphatic rings. The number of Topliss-reactive ketones (excluding diaryl/α,β-unsaturated/α-hetero) is 1. The molecule has 0 saturated heterocycles. The SMILES string of the molecule is CC(C)=CCC/C(C)=C/CC/C(C)=C/CC/C(C)=C/CC/C(C)=C/CC/C(C)=C/CC/C(C)=C/CC/C(C)=C/CC/C(C)=C/CC/C(C)=C/CC/C(C)=C/CC1=CC(=O)c2ccccc2C1=O. The molecular weight excluding hydrogens is 813 g/mol. The number of carbonyl (C=O) groups excluding carboxylic acids is 2. The van der Waals surface area contributed by atoms with Crippen molar-refractivity contribution in [1.29, 1.82) is 0 Å². The maximum absolute atomic E-state index is 12.8. The number of rotatable bonds is 32. The first-order valence-corrected chi connectivity index (χ1v) is 26.1. The fourth-order valence-corrected chi connectivity index (χ4v) is 8.33. The van der Waals surface area contributed by atoms with E-state index in [1.165, 1.54) is 93.1 Å². The zero-order valence-electron chi connectivity index (χ0n) is 44.9. The Balaban J connectivity index is 1.56. The van der Waals surface area contributed by atoms with Crippen molar-refractivity contribution in [2.45, 2.75) is 218 Å². The van der Waals surface area contributed by atoms with Crippen LogP contribution in [0.4, 0.5) is 0 Å². The van der Waals surface area contributed by atoms with Crippen LogP contribution in [0.25, 0.3) is 0 Å². The van der Waals surface area contributed by atoms with Crippen LogP contribution in [0.15, 0.2) is 164 Å². The Labute approximate surface area is 412 Å². The van der Waals surface area contributed by atoms with Crippen molar-refractivity contribution in [3.05, 3.63) is 175 Å². The lowest BCUT2D eigenvalue weighted by Crippen LogP contribution is -2.16. The Morgan fingerprint density at radius 3 is 0.836 bits per heavy atom. The number of hydrogen-bond donors (Lipinski definition) is 0. The summed E-state index contributed by atoms with van der Waals surface area (Å²) in [5.74, 6) is -0.0947. The first kappa shape index (κ1) is 58.6. The van der Waals surface area contributed by atoms with Gasteiger partial charge in [-0.05, 0) is 224 Å². The first-order valence-electron chi connectivity index (χ1n) is 26.1. The maximum atomic E-state index is 12.8. The van der Waals surface area contributed by atoms with Gasteiger partial charge in [0.2, 0.25) is 0 Å². The normalized spacial score (nSPS) is 15.4. The van der Waals surface area contributed by atoms with Crippen molar-refractivity contribution in [1.82, 2.24) is 0 Å². The van der Waals surface area contributed by atoms with E-state index >= 15 is 0 Å². The summed E-state index contributed by atoms with van der Waals surface area (Å²) in [6, 6.07) is 7.11. The fraction of sp³-hybridized carbons (Fsp3) is 0.508. The van der Waals surface area contributed by atoms with Crippen LogP contribution in [0.5, 0.6) is 0 Å². The van der Waals surface area contributed by atoms with Crippen LogP contribution in [0.3, 0.4) is 0 Å². The highest BCUT2D eigenvalue weighted by Gasteiger charge is 2.24. The van der Waals surface area contributed by atoms with Crippen LogP contribution in [-0.4, -0.2) is 11.6 Å². The molecule has 0 spiro atoms. The first-order chi connectivity index (χ1) is 32.0. The lowest BCUT2D eigenvalue weighted by molar-refractivity contribution is 0.0983. The van der Waals surface area contributed by atoms with Gasteiger partial charge in [-0.15, -0.1) is 0 Å². The topological polar surface area (TPSA) is 34.1 Å². The molecule has 0 aliphatic heterocycles. The summed E-state index contributed by atoms with van der Waals surface area (Å²) in [5, 5.41) is 0. The van der Waals surface area contributed by atoms with Crippen LogP contribution >= 0.6 is 0 Å². The number of carbonyl (C=O) groups is 2. The monoisotopic (exact) mass is 907 g/mol. The summed E-state index contributed by atoms with van der Waals surface area (Å²) in [6.45, 7) is 27.0. The van der Waals surface area contributed by atoms with Gasteiger partial charge in [-0.1, -0.05) is 152 Å². The predicted molar refractivity (Wildman–Crippen MR) is 297 cm³/mol. The Morgan fingerprint density at radius 1 is 0.328 bits per heavy atom. The van der Waals surface area contributed by atoms with Gasteiger partial charge >= 0.3 is 0 Å². The van der Waals surface area contributed by atoms with E-state index in [0.29, 0.717) is 23.1 Å². The molecule has 0 saturated carbocycles. The predicted octanol–water partition coefficient (Wildman–Crippen LogP) is 20.6. The molecule has 0 radical (unpaired) electrons. The van der Waals surface area contributed by atoms with Gasteiger partial charge in [0.05, 0.1) is 0 Å². The van der Waals surface area contributed by atoms with Gasteiger partial charge < -0.3 is 0 Å². The molecule has 1 aliphatic carbocycles. The van der Waals surface area contributed by atoms with Gasteiger partial charge in [0.1, 0.15) is 0 Å². The van der Waals surface area contributed by atoms with Crippen molar-refractivity contribution in [3.8, 4) is 0 Å². The number of allylic oxidation sites excluding steroid dienone is 24. The van der Waals surface area contributed by atoms with Crippen LogP contribution in [0, 0.1) is 0 Å². The number of benzene rings is 1. The Morgan fingerprint density at radius 2 is 0.567 bits per heavy atom. The second-order valence-corrected chi connectivity index (χ2v) is 20.3. The van der Waals surface area contributed by atoms with Crippen molar-refractivity contribution in [2.75, 3.05) is 0 Å². The van der Waals surface area contributed by atoms with Gasteiger partial charge in [0.25, 0.3) is 0 Å². The molecule has 0 fully saturated rings. The molecule has 0 N–H and O–H groups in total. The molecule has 0 atom stereocenters. The molecule has 1 aromatic carbocycles. The molecule has 0 unspecified atom stereocenters. The van der Waals surface area contributed by atoms with Crippen LogP contribution < -0.4 is 0 Å². The zero-order valence-corrected chi connectivity index (χ0v) is 44.9. The van der Waals surface area contributed by atoms with Gasteiger partial charge in [-0.25, -0.2) is 0 Å². The highest BCUT2D eigenvalue weighted by Crippen LogP contribution is 2.25. The smallest absolute Gasteiger partial charge is 0.190 e. The van der Waals surface area contributed by atoms with Crippen molar-refractivity contribution in [2.24, 2.45) is 0 Å². The van der Waals surface area contributed by atoms with E-state index in [-0.39, 0.29) is 11.6 Å².